The molecule has 0 saturated heterocycles. The molecule has 0 aliphatic carbocycles. The molecule has 0 bridgehead atoms. The number of hydrogen-bond acceptors (Lipinski definition) is 1. The zero-order chi connectivity index (χ0) is 11.6. The Bertz CT molecular complexity index is 506. The van der Waals surface area contributed by atoms with Crippen molar-refractivity contribution in [3.05, 3.63) is 60.7 Å². The molecule has 16 heavy (non-hydrogen) atoms. The summed E-state index contributed by atoms with van der Waals surface area (Å²) in [5.74, 6) is 0. The van der Waals surface area contributed by atoms with E-state index in [1.807, 2.05) is 37.3 Å². The maximum Gasteiger partial charge on any atom is 0.0908 e. The van der Waals surface area contributed by atoms with Gasteiger partial charge in [-0.2, -0.15) is 0 Å². The van der Waals surface area contributed by atoms with Crippen LogP contribution >= 0.6 is 0 Å². The molecule has 0 unspecified atom stereocenters. The van der Waals surface area contributed by atoms with E-state index < -0.39 is 5.60 Å². The number of hydrogen-bond donors (Lipinski definition) is 1. The summed E-state index contributed by atoms with van der Waals surface area (Å²) in [5.41, 5.74) is 0.119. The molecule has 0 amide bonds. The molecule has 0 radical (unpaired) electrons. The first-order valence-electron chi connectivity index (χ1n) is 5.47. The number of fused-ring (bicyclic) bond motifs is 1. The van der Waals surface area contributed by atoms with Crippen LogP contribution in [-0.2, 0) is 5.60 Å². The van der Waals surface area contributed by atoms with Crippen LogP contribution in [0, 0.1) is 0 Å². The first kappa shape index (κ1) is 10.9. The van der Waals surface area contributed by atoms with Gasteiger partial charge in [0.1, 0.15) is 0 Å². The van der Waals surface area contributed by atoms with E-state index in [9.17, 15) is 5.11 Å². The van der Waals surface area contributed by atoms with Crippen LogP contribution < -0.4 is 0 Å². The highest BCUT2D eigenvalue weighted by Gasteiger charge is 2.22. The molecule has 2 aromatic rings. The van der Waals surface area contributed by atoms with Gasteiger partial charge >= 0.3 is 0 Å². The van der Waals surface area contributed by atoms with E-state index >= 15 is 0 Å². The third-order valence-corrected chi connectivity index (χ3v) is 2.91. The minimum absolute atomic E-state index is 0.557. The van der Waals surface area contributed by atoms with Crippen molar-refractivity contribution in [2.45, 2.75) is 18.9 Å². The van der Waals surface area contributed by atoms with E-state index in [-0.39, 0.29) is 0 Å². The van der Waals surface area contributed by atoms with Crippen molar-refractivity contribution in [1.29, 1.82) is 0 Å². The van der Waals surface area contributed by atoms with Crippen molar-refractivity contribution in [3.63, 3.8) is 0 Å². The summed E-state index contributed by atoms with van der Waals surface area (Å²) < 4.78 is 0. The van der Waals surface area contributed by atoms with Crippen LogP contribution in [0.15, 0.2) is 55.1 Å². The van der Waals surface area contributed by atoms with Crippen molar-refractivity contribution in [2.24, 2.45) is 0 Å². The van der Waals surface area contributed by atoms with Gasteiger partial charge in [0, 0.05) is 0 Å². The van der Waals surface area contributed by atoms with Crippen molar-refractivity contribution in [1.82, 2.24) is 0 Å². The summed E-state index contributed by atoms with van der Waals surface area (Å²) in [6.07, 6.45) is 2.31. The molecule has 0 aliphatic rings. The van der Waals surface area contributed by atoms with Gasteiger partial charge in [-0.1, -0.05) is 48.5 Å². The second-order valence-electron chi connectivity index (χ2n) is 4.29. The van der Waals surface area contributed by atoms with E-state index in [1.165, 1.54) is 0 Å². The van der Waals surface area contributed by atoms with E-state index in [2.05, 4.69) is 18.7 Å². The SMILES string of the molecule is C=CC[C@@](C)(O)c1cccc2ccccc12. The highest BCUT2D eigenvalue weighted by atomic mass is 16.3. The van der Waals surface area contributed by atoms with Gasteiger partial charge in [0.15, 0.2) is 0 Å². The van der Waals surface area contributed by atoms with Crippen LogP contribution in [0.1, 0.15) is 18.9 Å². The molecule has 2 aromatic carbocycles. The van der Waals surface area contributed by atoms with E-state index in [0.717, 1.165) is 16.3 Å². The maximum atomic E-state index is 10.4. The van der Waals surface area contributed by atoms with Crippen LogP contribution in [0.25, 0.3) is 10.8 Å². The Kier molecular flexibility index (Phi) is 2.80. The molecule has 0 spiro atoms. The average molecular weight is 212 g/mol. The Labute approximate surface area is 96.0 Å². The molecule has 1 N–H and O–H groups in total. The fraction of sp³-hybridized carbons (Fsp3) is 0.200. The second-order valence-corrected chi connectivity index (χ2v) is 4.29. The molecule has 1 heteroatoms. The molecule has 82 valence electrons. The smallest absolute Gasteiger partial charge is 0.0908 e. The number of benzene rings is 2. The monoisotopic (exact) mass is 212 g/mol. The molecule has 0 saturated carbocycles. The lowest BCUT2D eigenvalue weighted by Gasteiger charge is -2.23. The van der Waals surface area contributed by atoms with Crippen LogP contribution in [0.4, 0.5) is 0 Å². The number of rotatable bonds is 3. The van der Waals surface area contributed by atoms with E-state index in [1.54, 1.807) is 6.08 Å². The fourth-order valence-electron chi connectivity index (χ4n) is 2.09. The summed E-state index contributed by atoms with van der Waals surface area (Å²) >= 11 is 0. The average Bonchev–Trinajstić information content (AvgIpc) is 2.28. The lowest BCUT2D eigenvalue weighted by molar-refractivity contribution is 0.0622. The fourth-order valence-corrected chi connectivity index (χ4v) is 2.09. The molecular weight excluding hydrogens is 196 g/mol. The van der Waals surface area contributed by atoms with E-state index in [0.29, 0.717) is 6.42 Å². The maximum absolute atomic E-state index is 10.4. The van der Waals surface area contributed by atoms with Crippen molar-refractivity contribution in [2.75, 3.05) is 0 Å². The Morgan fingerprint density at radius 2 is 1.88 bits per heavy atom. The van der Waals surface area contributed by atoms with Gasteiger partial charge in [-0.3, -0.25) is 0 Å². The zero-order valence-corrected chi connectivity index (χ0v) is 9.48. The predicted molar refractivity (Wildman–Crippen MR) is 68.3 cm³/mol. The molecular formula is C15H16O. The van der Waals surface area contributed by atoms with Gasteiger partial charge in [-0.25, -0.2) is 0 Å². The molecule has 1 nitrogen and oxygen atoms in total. The molecule has 0 fully saturated rings. The Morgan fingerprint density at radius 3 is 2.62 bits per heavy atom. The normalized spacial score (nSPS) is 14.6. The minimum Gasteiger partial charge on any atom is -0.385 e. The van der Waals surface area contributed by atoms with Crippen LogP contribution in [0.5, 0.6) is 0 Å². The van der Waals surface area contributed by atoms with Gasteiger partial charge < -0.3 is 5.11 Å². The summed E-state index contributed by atoms with van der Waals surface area (Å²) in [5, 5.41) is 12.7. The lowest BCUT2D eigenvalue weighted by Crippen LogP contribution is -2.20. The summed E-state index contributed by atoms with van der Waals surface area (Å²) in [6.45, 7) is 5.52. The first-order valence-corrected chi connectivity index (χ1v) is 5.47. The van der Waals surface area contributed by atoms with Gasteiger partial charge in [-0.05, 0) is 29.7 Å². The van der Waals surface area contributed by atoms with E-state index in [4.69, 9.17) is 0 Å². The van der Waals surface area contributed by atoms with Crippen molar-refractivity contribution < 1.29 is 5.11 Å². The molecule has 2 rings (SSSR count). The Hall–Kier alpha value is -1.60. The highest BCUT2D eigenvalue weighted by Crippen LogP contribution is 2.31. The number of aliphatic hydroxyl groups is 1. The Balaban J connectivity index is 2.64. The molecule has 1 atom stereocenters. The quantitative estimate of drug-likeness (QED) is 0.770. The minimum atomic E-state index is -0.845. The largest absolute Gasteiger partial charge is 0.385 e. The molecule has 0 heterocycles. The van der Waals surface area contributed by atoms with Gasteiger partial charge in [0.05, 0.1) is 5.60 Å². The first-order chi connectivity index (χ1) is 7.65. The van der Waals surface area contributed by atoms with Gasteiger partial charge in [0.25, 0.3) is 0 Å². The predicted octanol–water partition coefficient (Wildman–Crippen LogP) is 3.62. The third-order valence-electron chi connectivity index (χ3n) is 2.91. The van der Waals surface area contributed by atoms with Crippen molar-refractivity contribution >= 4 is 10.8 Å². The third kappa shape index (κ3) is 1.86. The topological polar surface area (TPSA) is 20.2 Å². The standard InChI is InChI=1S/C15H16O/c1-3-11-15(2,16)14-10-6-8-12-7-4-5-9-13(12)14/h3-10,16H,1,11H2,2H3/t15-/m1/s1. The van der Waals surface area contributed by atoms with Gasteiger partial charge in [0.2, 0.25) is 0 Å². The second kappa shape index (κ2) is 4.11. The van der Waals surface area contributed by atoms with Crippen molar-refractivity contribution in [3.8, 4) is 0 Å². The zero-order valence-electron chi connectivity index (χ0n) is 9.48. The molecule has 0 aromatic heterocycles. The summed E-state index contributed by atoms with van der Waals surface area (Å²) in [6, 6.07) is 14.1. The summed E-state index contributed by atoms with van der Waals surface area (Å²) in [4.78, 5) is 0. The van der Waals surface area contributed by atoms with Crippen LogP contribution in [0.2, 0.25) is 0 Å². The van der Waals surface area contributed by atoms with Gasteiger partial charge in [-0.15, -0.1) is 6.58 Å². The highest BCUT2D eigenvalue weighted by molar-refractivity contribution is 5.86. The lowest BCUT2D eigenvalue weighted by atomic mass is 9.88. The molecule has 0 aliphatic heterocycles. The summed E-state index contributed by atoms with van der Waals surface area (Å²) in [7, 11) is 0. The Morgan fingerprint density at radius 1 is 1.19 bits per heavy atom. The van der Waals surface area contributed by atoms with Crippen LogP contribution in [-0.4, -0.2) is 5.11 Å². The van der Waals surface area contributed by atoms with Crippen LogP contribution in [0.3, 0.4) is 0 Å².